The number of nitrogens with two attached hydrogens (primary N) is 1. The van der Waals surface area contributed by atoms with E-state index in [2.05, 4.69) is 0 Å². The van der Waals surface area contributed by atoms with Gasteiger partial charge in [0.15, 0.2) is 0 Å². The predicted octanol–water partition coefficient (Wildman–Crippen LogP) is 0.0841. The summed E-state index contributed by atoms with van der Waals surface area (Å²) >= 11 is 4.87. The normalized spacial score (nSPS) is 23.0. The SMILES string of the molecule is CC(C)(CN1CCOC(C(N)=S)C1)C(=O)O. The maximum Gasteiger partial charge on any atom is 0.310 e. The lowest BCUT2D eigenvalue weighted by Gasteiger charge is -2.35. The van der Waals surface area contributed by atoms with E-state index in [1.54, 1.807) is 13.8 Å². The van der Waals surface area contributed by atoms with Crippen molar-refractivity contribution in [1.82, 2.24) is 4.90 Å². The minimum Gasteiger partial charge on any atom is -0.481 e. The van der Waals surface area contributed by atoms with Gasteiger partial charge in [0.05, 0.1) is 12.0 Å². The first kappa shape index (κ1) is 13.3. The molecule has 0 aromatic heterocycles. The molecule has 0 aliphatic carbocycles. The average Bonchev–Trinajstić information content (AvgIpc) is 2.17. The van der Waals surface area contributed by atoms with Crippen molar-refractivity contribution in [3.05, 3.63) is 0 Å². The van der Waals surface area contributed by atoms with Crippen LogP contribution in [0.2, 0.25) is 0 Å². The van der Waals surface area contributed by atoms with Crippen molar-refractivity contribution in [1.29, 1.82) is 0 Å². The second kappa shape index (κ2) is 5.07. The number of carboxylic acids is 1. The van der Waals surface area contributed by atoms with Crippen LogP contribution < -0.4 is 5.73 Å². The summed E-state index contributed by atoms with van der Waals surface area (Å²) in [6.07, 6.45) is -0.256. The highest BCUT2D eigenvalue weighted by molar-refractivity contribution is 7.80. The number of ether oxygens (including phenoxy) is 1. The maximum absolute atomic E-state index is 11.0. The number of morpholine rings is 1. The molecule has 0 radical (unpaired) electrons. The summed E-state index contributed by atoms with van der Waals surface area (Å²) in [5.74, 6) is -0.800. The quantitative estimate of drug-likeness (QED) is 0.684. The number of nitrogens with zero attached hydrogens (tertiary/aromatic N) is 1. The van der Waals surface area contributed by atoms with Gasteiger partial charge in [0.25, 0.3) is 0 Å². The van der Waals surface area contributed by atoms with Crippen LogP contribution in [0, 0.1) is 5.41 Å². The molecule has 6 heteroatoms. The maximum atomic E-state index is 11.0. The van der Waals surface area contributed by atoms with Crippen LogP contribution in [-0.4, -0.2) is 53.3 Å². The van der Waals surface area contributed by atoms with Crippen LogP contribution in [-0.2, 0) is 9.53 Å². The number of carbonyl (C=O) groups is 1. The summed E-state index contributed by atoms with van der Waals surface area (Å²) in [6.45, 7) is 5.73. The number of hydrogen-bond donors (Lipinski definition) is 2. The second-order valence-electron chi connectivity index (χ2n) is 4.69. The number of aliphatic carboxylic acids is 1. The van der Waals surface area contributed by atoms with Gasteiger partial charge in [0.2, 0.25) is 0 Å². The third kappa shape index (κ3) is 3.40. The number of hydrogen-bond acceptors (Lipinski definition) is 4. The van der Waals surface area contributed by atoms with E-state index in [9.17, 15) is 4.79 Å². The van der Waals surface area contributed by atoms with Crippen molar-refractivity contribution in [3.63, 3.8) is 0 Å². The van der Waals surface area contributed by atoms with Crippen molar-refractivity contribution < 1.29 is 14.6 Å². The summed E-state index contributed by atoms with van der Waals surface area (Å²) in [6, 6.07) is 0. The first-order valence-electron chi connectivity index (χ1n) is 5.19. The standard InChI is InChI=1S/C10H18N2O3S/c1-10(2,9(13)14)6-12-3-4-15-7(5-12)8(11)16/h7H,3-6H2,1-2H3,(H2,11,16)(H,13,14). The molecule has 0 bridgehead atoms. The van der Waals surface area contributed by atoms with Crippen molar-refractivity contribution in [2.75, 3.05) is 26.2 Å². The van der Waals surface area contributed by atoms with Crippen molar-refractivity contribution in [3.8, 4) is 0 Å². The van der Waals surface area contributed by atoms with Gasteiger partial charge < -0.3 is 15.6 Å². The van der Waals surface area contributed by atoms with E-state index in [1.807, 2.05) is 4.90 Å². The third-order valence-corrected chi connectivity index (χ3v) is 2.93. The highest BCUT2D eigenvalue weighted by Gasteiger charge is 2.32. The van der Waals surface area contributed by atoms with Crippen LogP contribution in [0.15, 0.2) is 0 Å². The second-order valence-corrected chi connectivity index (χ2v) is 5.16. The molecule has 1 unspecified atom stereocenters. The van der Waals surface area contributed by atoms with Gasteiger partial charge in [-0.2, -0.15) is 0 Å². The van der Waals surface area contributed by atoms with E-state index in [0.717, 1.165) is 6.54 Å². The van der Waals surface area contributed by atoms with Gasteiger partial charge in [-0.1, -0.05) is 12.2 Å². The van der Waals surface area contributed by atoms with E-state index in [-0.39, 0.29) is 6.10 Å². The summed E-state index contributed by atoms with van der Waals surface area (Å²) in [5.41, 5.74) is 4.75. The van der Waals surface area contributed by atoms with Crippen molar-refractivity contribution in [2.45, 2.75) is 20.0 Å². The van der Waals surface area contributed by atoms with Gasteiger partial charge in [-0.05, 0) is 13.8 Å². The molecule has 1 atom stereocenters. The lowest BCUT2D eigenvalue weighted by Crippen LogP contribution is -2.51. The summed E-state index contributed by atoms with van der Waals surface area (Å²) in [7, 11) is 0. The molecule has 0 saturated carbocycles. The van der Waals surface area contributed by atoms with E-state index in [0.29, 0.717) is 24.7 Å². The van der Waals surface area contributed by atoms with Crippen LogP contribution >= 0.6 is 12.2 Å². The van der Waals surface area contributed by atoms with Crippen LogP contribution in [0.5, 0.6) is 0 Å². The van der Waals surface area contributed by atoms with Crippen LogP contribution in [0.25, 0.3) is 0 Å². The van der Waals surface area contributed by atoms with Gasteiger partial charge in [-0.3, -0.25) is 9.69 Å². The van der Waals surface area contributed by atoms with Crippen LogP contribution in [0.3, 0.4) is 0 Å². The number of rotatable bonds is 4. The van der Waals surface area contributed by atoms with Gasteiger partial charge in [0, 0.05) is 19.6 Å². The molecule has 1 fully saturated rings. The van der Waals surface area contributed by atoms with E-state index < -0.39 is 11.4 Å². The molecule has 1 rings (SSSR count). The van der Waals surface area contributed by atoms with E-state index in [4.69, 9.17) is 27.8 Å². The molecule has 1 heterocycles. The predicted molar refractivity (Wildman–Crippen MR) is 64.4 cm³/mol. The largest absolute Gasteiger partial charge is 0.481 e. The molecule has 0 spiro atoms. The fourth-order valence-electron chi connectivity index (χ4n) is 1.64. The molecule has 5 nitrogen and oxygen atoms in total. The lowest BCUT2D eigenvalue weighted by atomic mass is 9.93. The summed E-state index contributed by atoms with van der Waals surface area (Å²) < 4.78 is 5.39. The van der Waals surface area contributed by atoms with Crippen LogP contribution in [0.1, 0.15) is 13.8 Å². The molecular formula is C10H18N2O3S. The zero-order chi connectivity index (χ0) is 12.3. The Hall–Kier alpha value is -0.720. The van der Waals surface area contributed by atoms with E-state index in [1.165, 1.54) is 0 Å². The zero-order valence-electron chi connectivity index (χ0n) is 9.60. The Bertz CT molecular complexity index is 294. The minimum absolute atomic E-state index is 0.256. The molecule has 16 heavy (non-hydrogen) atoms. The van der Waals surface area contributed by atoms with Crippen LogP contribution in [0.4, 0.5) is 0 Å². The molecule has 1 aliphatic heterocycles. The molecule has 0 aromatic rings. The minimum atomic E-state index is -0.800. The Balaban J connectivity index is 2.55. The molecule has 0 aromatic carbocycles. The Morgan fingerprint density at radius 2 is 2.31 bits per heavy atom. The van der Waals surface area contributed by atoms with Gasteiger partial charge in [0.1, 0.15) is 11.1 Å². The third-order valence-electron chi connectivity index (χ3n) is 2.67. The number of carboxylic acid groups (broad SMARTS) is 1. The van der Waals surface area contributed by atoms with Gasteiger partial charge in [-0.25, -0.2) is 0 Å². The molecule has 1 aliphatic rings. The molecule has 1 saturated heterocycles. The average molecular weight is 246 g/mol. The van der Waals surface area contributed by atoms with Crippen molar-refractivity contribution >= 4 is 23.2 Å². The molecular weight excluding hydrogens is 228 g/mol. The fourth-order valence-corrected chi connectivity index (χ4v) is 1.79. The Morgan fingerprint density at radius 1 is 1.69 bits per heavy atom. The highest BCUT2D eigenvalue weighted by Crippen LogP contribution is 2.19. The molecule has 92 valence electrons. The van der Waals surface area contributed by atoms with Crippen molar-refractivity contribution in [2.24, 2.45) is 11.1 Å². The summed E-state index contributed by atoms with van der Waals surface area (Å²) in [5, 5.41) is 9.04. The number of thiocarbonyl (C=S) groups is 1. The Morgan fingerprint density at radius 3 is 2.81 bits per heavy atom. The van der Waals surface area contributed by atoms with Gasteiger partial charge >= 0.3 is 5.97 Å². The van der Waals surface area contributed by atoms with E-state index >= 15 is 0 Å². The first-order chi connectivity index (χ1) is 7.33. The van der Waals surface area contributed by atoms with Gasteiger partial charge in [-0.15, -0.1) is 0 Å². The Labute approximate surface area is 101 Å². The monoisotopic (exact) mass is 246 g/mol. The zero-order valence-corrected chi connectivity index (χ0v) is 10.4. The highest BCUT2D eigenvalue weighted by atomic mass is 32.1. The molecule has 0 amide bonds. The molecule has 3 N–H and O–H groups in total. The Kier molecular flexibility index (Phi) is 4.23. The topological polar surface area (TPSA) is 75.8 Å². The summed E-state index contributed by atoms with van der Waals surface area (Å²) in [4.78, 5) is 13.4. The smallest absolute Gasteiger partial charge is 0.310 e. The first-order valence-corrected chi connectivity index (χ1v) is 5.60. The lowest BCUT2D eigenvalue weighted by molar-refractivity contribution is -0.148. The fraction of sp³-hybridized carbons (Fsp3) is 0.800.